The van der Waals surface area contributed by atoms with Crippen LogP contribution in [0.1, 0.15) is 26.3 Å². The van der Waals surface area contributed by atoms with E-state index in [4.69, 9.17) is 4.74 Å². The largest absolute Gasteiger partial charge is 0.497 e. The predicted molar refractivity (Wildman–Crippen MR) is 65.7 cm³/mol. The molecule has 0 amide bonds. The summed E-state index contributed by atoms with van der Waals surface area (Å²) in [5, 5.41) is 0. The van der Waals surface area contributed by atoms with Gasteiger partial charge in [0.25, 0.3) is 0 Å². The maximum absolute atomic E-state index is 11.1. The maximum atomic E-state index is 11.1. The lowest BCUT2D eigenvalue weighted by Gasteiger charge is -2.25. The van der Waals surface area contributed by atoms with Crippen LogP contribution in [0.15, 0.2) is 24.3 Å². The number of carbonyl (C=O) groups excluding carboxylic acids is 1. The average Bonchev–Trinajstić information content (AvgIpc) is 2.25. The van der Waals surface area contributed by atoms with Crippen LogP contribution in [0, 0.1) is 11.3 Å². The number of hydrogen-bond acceptors (Lipinski definition) is 2. The van der Waals surface area contributed by atoms with Crippen molar-refractivity contribution in [2.45, 2.75) is 27.2 Å². The van der Waals surface area contributed by atoms with E-state index in [0.717, 1.165) is 18.5 Å². The Bertz CT molecular complexity index is 333. The summed E-state index contributed by atoms with van der Waals surface area (Å²) in [5.41, 5.74) is 1.19. The number of ether oxygens (including phenoxy) is 1. The minimum Gasteiger partial charge on any atom is -0.497 e. The molecule has 0 radical (unpaired) electrons. The fourth-order valence-electron chi connectivity index (χ4n) is 1.57. The van der Waals surface area contributed by atoms with E-state index in [-0.39, 0.29) is 11.3 Å². The number of carbonyl (C=O) groups is 1. The maximum Gasteiger partial charge on any atom is 0.123 e. The number of aldehydes is 1. The van der Waals surface area contributed by atoms with Gasteiger partial charge in [0, 0.05) is 5.92 Å². The van der Waals surface area contributed by atoms with Crippen molar-refractivity contribution in [1.29, 1.82) is 0 Å². The van der Waals surface area contributed by atoms with Crippen LogP contribution >= 0.6 is 0 Å². The van der Waals surface area contributed by atoms with Crippen molar-refractivity contribution in [3.63, 3.8) is 0 Å². The van der Waals surface area contributed by atoms with Crippen LogP contribution in [0.3, 0.4) is 0 Å². The Morgan fingerprint density at radius 3 is 2.19 bits per heavy atom. The smallest absolute Gasteiger partial charge is 0.123 e. The first-order chi connectivity index (χ1) is 7.47. The Morgan fingerprint density at radius 2 is 1.81 bits per heavy atom. The van der Waals surface area contributed by atoms with Crippen molar-refractivity contribution in [3.05, 3.63) is 29.8 Å². The van der Waals surface area contributed by atoms with Crippen molar-refractivity contribution in [3.8, 4) is 5.75 Å². The van der Waals surface area contributed by atoms with Crippen LogP contribution in [0.2, 0.25) is 0 Å². The Kier molecular flexibility index (Phi) is 4.11. The predicted octanol–water partition coefficient (Wildman–Crippen LogP) is 3.10. The van der Waals surface area contributed by atoms with Gasteiger partial charge < -0.3 is 9.53 Å². The summed E-state index contributed by atoms with van der Waals surface area (Å²) in [5.74, 6) is 0.906. The standard InChI is InChI=1S/C14H20O2/c1-14(2,3)12(10-15)9-11-5-7-13(16-4)8-6-11/h5-8,10,12H,9H2,1-4H3. The summed E-state index contributed by atoms with van der Waals surface area (Å²) in [4.78, 5) is 11.1. The zero-order chi connectivity index (χ0) is 12.2. The molecule has 0 bridgehead atoms. The van der Waals surface area contributed by atoms with Gasteiger partial charge in [-0.1, -0.05) is 32.9 Å². The summed E-state index contributed by atoms with van der Waals surface area (Å²) >= 11 is 0. The van der Waals surface area contributed by atoms with E-state index in [1.165, 1.54) is 5.56 Å². The molecule has 0 aliphatic rings. The first-order valence-corrected chi connectivity index (χ1v) is 5.55. The third kappa shape index (κ3) is 3.37. The highest BCUT2D eigenvalue weighted by atomic mass is 16.5. The van der Waals surface area contributed by atoms with Crippen LogP contribution in [-0.2, 0) is 11.2 Å². The van der Waals surface area contributed by atoms with E-state index in [1.54, 1.807) is 7.11 Å². The zero-order valence-corrected chi connectivity index (χ0v) is 10.5. The summed E-state index contributed by atoms with van der Waals surface area (Å²) in [6.07, 6.45) is 1.85. The first-order valence-electron chi connectivity index (χ1n) is 5.55. The number of hydrogen-bond donors (Lipinski definition) is 0. The van der Waals surface area contributed by atoms with Crippen LogP contribution < -0.4 is 4.74 Å². The highest BCUT2D eigenvalue weighted by Crippen LogP contribution is 2.27. The van der Waals surface area contributed by atoms with Gasteiger partial charge in [0.2, 0.25) is 0 Å². The lowest BCUT2D eigenvalue weighted by molar-refractivity contribution is -0.113. The third-order valence-electron chi connectivity index (χ3n) is 2.89. The number of benzene rings is 1. The van der Waals surface area contributed by atoms with Crippen LogP contribution in [0.4, 0.5) is 0 Å². The van der Waals surface area contributed by atoms with E-state index in [9.17, 15) is 4.79 Å². The molecule has 0 N–H and O–H groups in total. The lowest BCUT2D eigenvalue weighted by atomic mass is 9.78. The molecule has 2 heteroatoms. The molecule has 1 aromatic carbocycles. The van der Waals surface area contributed by atoms with Gasteiger partial charge in [0.15, 0.2) is 0 Å². The minimum absolute atomic E-state index is 0.0156. The van der Waals surface area contributed by atoms with Crippen molar-refractivity contribution >= 4 is 6.29 Å². The van der Waals surface area contributed by atoms with Crippen LogP contribution in [0.5, 0.6) is 5.75 Å². The molecule has 1 rings (SSSR count). The molecule has 0 spiro atoms. The minimum atomic E-state index is 0.0156. The molecule has 16 heavy (non-hydrogen) atoms. The fraction of sp³-hybridized carbons (Fsp3) is 0.500. The molecule has 1 unspecified atom stereocenters. The van der Waals surface area contributed by atoms with Crippen molar-refractivity contribution < 1.29 is 9.53 Å². The molecule has 0 saturated carbocycles. The summed E-state index contributed by atoms with van der Waals surface area (Å²) < 4.78 is 5.10. The van der Waals surface area contributed by atoms with Gasteiger partial charge >= 0.3 is 0 Å². The molecule has 1 atom stereocenters. The summed E-state index contributed by atoms with van der Waals surface area (Å²) in [6.45, 7) is 6.28. The summed E-state index contributed by atoms with van der Waals surface area (Å²) in [7, 11) is 1.65. The molecule has 0 aliphatic carbocycles. The van der Waals surface area contributed by atoms with Gasteiger partial charge in [0.05, 0.1) is 7.11 Å². The second-order valence-electron chi connectivity index (χ2n) is 5.16. The zero-order valence-electron chi connectivity index (χ0n) is 10.5. The normalized spacial score (nSPS) is 13.2. The molecule has 2 nitrogen and oxygen atoms in total. The van der Waals surface area contributed by atoms with E-state index in [2.05, 4.69) is 20.8 Å². The van der Waals surface area contributed by atoms with E-state index < -0.39 is 0 Å². The molecule has 0 aliphatic heterocycles. The van der Waals surface area contributed by atoms with Gasteiger partial charge in [-0.2, -0.15) is 0 Å². The quantitative estimate of drug-likeness (QED) is 0.729. The van der Waals surface area contributed by atoms with Crippen molar-refractivity contribution in [2.24, 2.45) is 11.3 Å². The SMILES string of the molecule is COc1ccc(CC(C=O)C(C)(C)C)cc1. The molecular formula is C14H20O2. The van der Waals surface area contributed by atoms with Gasteiger partial charge in [-0.3, -0.25) is 0 Å². The van der Waals surface area contributed by atoms with E-state index >= 15 is 0 Å². The molecule has 0 fully saturated rings. The highest BCUT2D eigenvalue weighted by molar-refractivity contribution is 5.55. The topological polar surface area (TPSA) is 26.3 Å². The van der Waals surface area contributed by atoms with Gasteiger partial charge in [-0.15, -0.1) is 0 Å². The fourth-order valence-corrected chi connectivity index (χ4v) is 1.57. The molecular weight excluding hydrogens is 200 g/mol. The second kappa shape index (κ2) is 5.15. The van der Waals surface area contributed by atoms with E-state index in [1.807, 2.05) is 24.3 Å². The van der Waals surface area contributed by atoms with Crippen molar-refractivity contribution in [2.75, 3.05) is 7.11 Å². The van der Waals surface area contributed by atoms with Crippen LogP contribution in [-0.4, -0.2) is 13.4 Å². The Morgan fingerprint density at radius 1 is 1.25 bits per heavy atom. The Labute approximate surface area is 97.6 Å². The van der Waals surface area contributed by atoms with Crippen molar-refractivity contribution in [1.82, 2.24) is 0 Å². The number of rotatable bonds is 4. The summed E-state index contributed by atoms with van der Waals surface area (Å²) in [6, 6.07) is 7.89. The van der Waals surface area contributed by atoms with Gasteiger partial charge in [-0.05, 0) is 29.5 Å². The number of methoxy groups -OCH3 is 1. The highest BCUT2D eigenvalue weighted by Gasteiger charge is 2.24. The molecule has 0 heterocycles. The monoisotopic (exact) mass is 220 g/mol. The molecule has 0 saturated heterocycles. The Balaban J connectivity index is 2.75. The first kappa shape index (κ1) is 12.8. The average molecular weight is 220 g/mol. The Hall–Kier alpha value is -1.31. The van der Waals surface area contributed by atoms with Gasteiger partial charge in [-0.25, -0.2) is 0 Å². The van der Waals surface area contributed by atoms with E-state index in [0.29, 0.717) is 0 Å². The molecule has 0 aromatic heterocycles. The third-order valence-corrected chi connectivity index (χ3v) is 2.89. The second-order valence-corrected chi connectivity index (χ2v) is 5.16. The molecule has 88 valence electrons. The van der Waals surface area contributed by atoms with Gasteiger partial charge in [0.1, 0.15) is 12.0 Å². The molecule has 1 aromatic rings. The van der Waals surface area contributed by atoms with Crippen LogP contribution in [0.25, 0.3) is 0 Å². The lowest BCUT2D eigenvalue weighted by Crippen LogP contribution is -2.23.